The lowest BCUT2D eigenvalue weighted by Crippen LogP contribution is -2.46. The summed E-state index contributed by atoms with van der Waals surface area (Å²) in [6, 6.07) is 2.68. The largest absolute Gasteiger partial charge is 0.348 e. The average molecular weight is 359 g/mol. The van der Waals surface area contributed by atoms with Crippen molar-refractivity contribution in [1.82, 2.24) is 25.4 Å². The molecule has 2 N–H and O–H groups in total. The van der Waals surface area contributed by atoms with E-state index in [9.17, 15) is 14.0 Å². The van der Waals surface area contributed by atoms with E-state index in [4.69, 9.17) is 0 Å². The number of carbonyl (C=O) groups is 2. The Balaban J connectivity index is 1.66. The van der Waals surface area contributed by atoms with Gasteiger partial charge in [-0.25, -0.2) is 4.39 Å². The van der Waals surface area contributed by atoms with E-state index in [-0.39, 0.29) is 30.6 Å². The van der Waals surface area contributed by atoms with Crippen LogP contribution >= 0.6 is 0 Å². The minimum absolute atomic E-state index is 0.0565. The SMILES string of the molecule is CC(C)(C)C(=O)N[C@@H]1CN(C(=O)c2ccc(-c3cn[nH]c3)cn2)C[C@@H]1F. The fraction of sp³-hybridized carbons (Fsp3) is 0.444. The van der Waals surface area contributed by atoms with Crippen LogP contribution in [0.25, 0.3) is 11.1 Å². The van der Waals surface area contributed by atoms with Crippen molar-refractivity contribution < 1.29 is 14.0 Å². The molecule has 1 saturated heterocycles. The zero-order chi connectivity index (χ0) is 18.9. The molecule has 0 bridgehead atoms. The number of rotatable bonds is 3. The third-order valence-corrected chi connectivity index (χ3v) is 4.35. The first-order valence-corrected chi connectivity index (χ1v) is 8.45. The summed E-state index contributed by atoms with van der Waals surface area (Å²) in [5.41, 5.74) is 1.33. The van der Waals surface area contributed by atoms with E-state index in [1.54, 1.807) is 51.5 Å². The van der Waals surface area contributed by atoms with Crippen LogP contribution in [-0.2, 0) is 4.79 Å². The predicted molar refractivity (Wildman–Crippen MR) is 94.0 cm³/mol. The number of pyridine rings is 1. The number of nitrogens with zero attached hydrogens (tertiary/aromatic N) is 3. The van der Waals surface area contributed by atoms with Gasteiger partial charge in [-0.15, -0.1) is 0 Å². The Morgan fingerprint density at radius 3 is 2.58 bits per heavy atom. The smallest absolute Gasteiger partial charge is 0.272 e. The standard InChI is InChI=1S/C18H22FN5O2/c1-18(2,3)17(26)23-15-10-24(9-13(15)19)16(25)14-5-4-11(6-20-14)12-7-21-22-8-12/h4-8,13,15H,9-10H2,1-3H3,(H,21,22)(H,23,26)/t13-,15+/m0/s1. The number of nitrogens with one attached hydrogen (secondary N) is 2. The van der Waals surface area contributed by atoms with Gasteiger partial charge in [0.2, 0.25) is 5.91 Å². The normalized spacial score (nSPS) is 20.2. The Morgan fingerprint density at radius 1 is 1.23 bits per heavy atom. The number of hydrogen-bond donors (Lipinski definition) is 2. The molecule has 3 heterocycles. The van der Waals surface area contributed by atoms with Crippen molar-refractivity contribution in [3.8, 4) is 11.1 Å². The molecule has 2 atom stereocenters. The third-order valence-electron chi connectivity index (χ3n) is 4.35. The first kappa shape index (κ1) is 18.0. The molecule has 0 radical (unpaired) electrons. The number of aromatic nitrogens is 3. The highest BCUT2D eigenvalue weighted by Gasteiger charge is 2.38. The van der Waals surface area contributed by atoms with Gasteiger partial charge in [0.1, 0.15) is 11.9 Å². The number of carbonyl (C=O) groups excluding carboxylic acids is 2. The summed E-state index contributed by atoms with van der Waals surface area (Å²) >= 11 is 0. The van der Waals surface area contributed by atoms with Crippen LogP contribution in [0, 0.1) is 5.41 Å². The molecule has 2 aromatic rings. The highest BCUT2D eigenvalue weighted by molar-refractivity contribution is 5.93. The molecule has 138 valence electrons. The molecule has 1 aliphatic rings. The second kappa shape index (κ2) is 6.86. The Kier molecular flexibility index (Phi) is 4.76. The molecule has 7 nitrogen and oxygen atoms in total. The fourth-order valence-electron chi connectivity index (χ4n) is 2.71. The maximum Gasteiger partial charge on any atom is 0.272 e. The number of aromatic amines is 1. The second-order valence-corrected chi connectivity index (χ2v) is 7.48. The quantitative estimate of drug-likeness (QED) is 0.874. The molecule has 0 aromatic carbocycles. The summed E-state index contributed by atoms with van der Waals surface area (Å²) < 4.78 is 14.3. The first-order chi connectivity index (χ1) is 12.3. The fourth-order valence-corrected chi connectivity index (χ4v) is 2.71. The van der Waals surface area contributed by atoms with Gasteiger partial charge in [-0.3, -0.25) is 19.7 Å². The average Bonchev–Trinajstić information content (AvgIpc) is 3.24. The van der Waals surface area contributed by atoms with Crippen molar-refractivity contribution in [2.45, 2.75) is 33.0 Å². The summed E-state index contributed by atoms with van der Waals surface area (Å²) in [5, 5.41) is 9.28. The van der Waals surface area contributed by atoms with E-state index < -0.39 is 17.6 Å². The molecule has 3 rings (SSSR count). The molecule has 0 spiro atoms. The van der Waals surface area contributed by atoms with Gasteiger partial charge in [-0.1, -0.05) is 26.8 Å². The molecule has 0 saturated carbocycles. The van der Waals surface area contributed by atoms with Gasteiger partial charge in [-0.05, 0) is 6.07 Å². The lowest BCUT2D eigenvalue weighted by molar-refractivity contribution is -0.129. The second-order valence-electron chi connectivity index (χ2n) is 7.48. The molecule has 8 heteroatoms. The molecule has 2 amide bonds. The van der Waals surface area contributed by atoms with Crippen LogP contribution in [0.2, 0.25) is 0 Å². The van der Waals surface area contributed by atoms with E-state index in [2.05, 4.69) is 20.5 Å². The Hall–Kier alpha value is -2.77. The number of hydrogen-bond acceptors (Lipinski definition) is 4. The zero-order valence-corrected chi connectivity index (χ0v) is 15.0. The zero-order valence-electron chi connectivity index (χ0n) is 15.0. The first-order valence-electron chi connectivity index (χ1n) is 8.45. The van der Waals surface area contributed by atoms with E-state index in [1.807, 2.05) is 0 Å². The van der Waals surface area contributed by atoms with Crippen molar-refractivity contribution in [3.63, 3.8) is 0 Å². The highest BCUT2D eigenvalue weighted by atomic mass is 19.1. The van der Waals surface area contributed by atoms with Gasteiger partial charge >= 0.3 is 0 Å². The number of likely N-dealkylation sites (tertiary alicyclic amines) is 1. The van der Waals surface area contributed by atoms with Crippen molar-refractivity contribution in [3.05, 3.63) is 36.4 Å². The maximum absolute atomic E-state index is 14.3. The van der Waals surface area contributed by atoms with Gasteiger partial charge in [0.05, 0.1) is 18.8 Å². The van der Waals surface area contributed by atoms with Crippen LogP contribution < -0.4 is 5.32 Å². The van der Waals surface area contributed by atoms with Crippen LogP contribution in [-0.4, -0.2) is 57.2 Å². The lowest BCUT2D eigenvalue weighted by Gasteiger charge is -2.22. The molecule has 0 unspecified atom stereocenters. The molecular weight excluding hydrogens is 337 g/mol. The number of halogens is 1. The van der Waals surface area contributed by atoms with Gasteiger partial charge in [-0.2, -0.15) is 5.10 Å². The summed E-state index contributed by atoms with van der Waals surface area (Å²) in [6.07, 6.45) is 3.68. The predicted octanol–water partition coefficient (Wildman–Crippen LogP) is 1.80. The van der Waals surface area contributed by atoms with E-state index in [1.165, 1.54) is 4.90 Å². The third kappa shape index (κ3) is 3.74. The molecule has 1 fully saturated rings. The van der Waals surface area contributed by atoms with Crippen molar-refractivity contribution in [1.29, 1.82) is 0 Å². The minimum atomic E-state index is -1.30. The molecule has 0 aliphatic carbocycles. The van der Waals surface area contributed by atoms with Crippen molar-refractivity contribution >= 4 is 11.8 Å². The summed E-state index contributed by atoms with van der Waals surface area (Å²) in [7, 11) is 0. The van der Waals surface area contributed by atoms with E-state index in [0.29, 0.717) is 0 Å². The van der Waals surface area contributed by atoms with Crippen LogP contribution in [0.3, 0.4) is 0 Å². The summed E-state index contributed by atoms with van der Waals surface area (Å²) in [4.78, 5) is 30.2. The molecule has 1 aliphatic heterocycles. The Labute approximate surface area is 151 Å². The highest BCUT2D eigenvalue weighted by Crippen LogP contribution is 2.21. The van der Waals surface area contributed by atoms with Crippen LogP contribution in [0.1, 0.15) is 31.3 Å². The minimum Gasteiger partial charge on any atom is -0.348 e. The van der Waals surface area contributed by atoms with Gasteiger partial charge in [0, 0.05) is 35.5 Å². The van der Waals surface area contributed by atoms with Crippen molar-refractivity contribution in [2.75, 3.05) is 13.1 Å². The topological polar surface area (TPSA) is 91.0 Å². The Bertz CT molecular complexity index is 783. The molecular formula is C18H22FN5O2. The van der Waals surface area contributed by atoms with Crippen LogP contribution in [0.15, 0.2) is 30.7 Å². The van der Waals surface area contributed by atoms with Crippen LogP contribution in [0.4, 0.5) is 4.39 Å². The van der Waals surface area contributed by atoms with E-state index in [0.717, 1.165) is 11.1 Å². The van der Waals surface area contributed by atoms with Gasteiger partial charge < -0.3 is 10.2 Å². The Morgan fingerprint density at radius 2 is 2.00 bits per heavy atom. The number of H-pyrrole nitrogens is 1. The molecule has 2 aromatic heterocycles. The number of alkyl halides is 1. The van der Waals surface area contributed by atoms with Crippen LogP contribution in [0.5, 0.6) is 0 Å². The summed E-state index contributed by atoms with van der Waals surface area (Å²) in [5.74, 6) is -0.582. The van der Waals surface area contributed by atoms with E-state index >= 15 is 0 Å². The monoisotopic (exact) mass is 359 g/mol. The van der Waals surface area contributed by atoms with Gasteiger partial charge in [0.15, 0.2) is 0 Å². The van der Waals surface area contributed by atoms with Crippen molar-refractivity contribution in [2.24, 2.45) is 5.41 Å². The maximum atomic E-state index is 14.3. The van der Waals surface area contributed by atoms with Gasteiger partial charge in [0.25, 0.3) is 5.91 Å². The number of amides is 2. The summed E-state index contributed by atoms with van der Waals surface area (Å²) in [6.45, 7) is 5.36. The molecule has 26 heavy (non-hydrogen) atoms. The lowest BCUT2D eigenvalue weighted by atomic mass is 9.95.